The van der Waals surface area contributed by atoms with Crippen molar-refractivity contribution in [1.82, 2.24) is 4.98 Å². The van der Waals surface area contributed by atoms with Gasteiger partial charge in [0.1, 0.15) is 11.6 Å². The third-order valence-corrected chi connectivity index (χ3v) is 4.08. The highest BCUT2D eigenvalue weighted by Crippen LogP contribution is 2.21. The first kappa shape index (κ1) is 18.5. The Labute approximate surface area is 159 Å². The fourth-order valence-corrected chi connectivity index (χ4v) is 2.61. The van der Waals surface area contributed by atoms with Crippen LogP contribution in [0.5, 0.6) is 5.75 Å². The van der Waals surface area contributed by atoms with E-state index in [1.807, 2.05) is 43.3 Å². The summed E-state index contributed by atoms with van der Waals surface area (Å²) in [7, 11) is 0. The lowest BCUT2D eigenvalue weighted by molar-refractivity contribution is -0.118. The maximum Gasteiger partial charge on any atom is 0.263 e. The lowest BCUT2D eigenvalue weighted by Crippen LogP contribution is -2.20. The van der Waals surface area contributed by atoms with Crippen molar-refractivity contribution >= 4 is 23.1 Å². The van der Waals surface area contributed by atoms with Gasteiger partial charge in [0, 0.05) is 5.69 Å². The summed E-state index contributed by atoms with van der Waals surface area (Å²) >= 11 is 0. The molecule has 0 unspecified atom stereocenters. The number of hydrogen-bond donors (Lipinski definition) is 2. The van der Waals surface area contributed by atoms with E-state index in [9.17, 15) is 4.79 Å². The molecule has 0 aliphatic rings. The molecular formula is C22H23N3O2. The van der Waals surface area contributed by atoms with Crippen LogP contribution < -0.4 is 15.4 Å². The van der Waals surface area contributed by atoms with E-state index in [2.05, 4.69) is 41.6 Å². The zero-order valence-corrected chi connectivity index (χ0v) is 15.7. The van der Waals surface area contributed by atoms with Gasteiger partial charge in [-0.05, 0) is 56.7 Å². The SMILES string of the molecule is Cc1ccc(OCC(=O)Nc2ccc(Nc3ccc(C)cc3C)cn2)cc1. The van der Waals surface area contributed by atoms with Gasteiger partial charge in [-0.1, -0.05) is 35.4 Å². The standard InChI is InChI=1S/C22H23N3O2/c1-15-4-8-19(9-5-15)27-14-22(26)25-21-11-7-18(13-23-21)24-20-10-6-16(2)12-17(20)3/h4-13,24H,14H2,1-3H3,(H,23,25,26). The maximum atomic E-state index is 12.0. The molecule has 1 heterocycles. The molecule has 1 amide bonds. The predicted molar refractivity (Wildman–Crippen MR) is 109 cm³/mol. The van der Waals surface area contributed by atoms with Gasteiger partial charge in [-0.3, -0.25) is 4.79 Å². The van der Waals surface area contributed by atoms with E-state index >= 15 is 0 Å². The molecule has 2 aromatic carbocycles. The third kappa shape index (κ3) is 5.31. The average Bonchev–Trinajstić information content (AvgIpc) is 2.65. The van der Waals surface area contributed by atoms with E-state index in [4.69, 9.17) is 4.74 Å². The second-order valence-electron chi connectivity index (χ2n) is 6.53. The second-order valence-corrected chi connectivity index (χ2v) is 6.53. The summed E-state index contributed by atoms with van der Waals surface area (Å²) in [5.41, 5.74) is 5.43. The van der Waals surface area contributed by atoms with Gasteiger partial charge in [0.2, 0.25) is 0 Å². The minimum atomic E-state index is -0.252. The Morgan fingerprint density at radius 3 is 2.37 bits per heavy atom. The van der Waals surface area contributed by atoms with Crippen molar-refractivity contribution in [2.45, 2.75) is 20.8 Å². The van der Waals surface area contributed by atoms with Crippen molar-refractivity contribution < 1.29 is 9.53 Å². The number of rotatable bonds is 6. The summed E-state index contributed by atoms with van der Waals surface area (Å²) in [6.07, 6.45) is 1.69. The third-order valence-electron chi connectivity index (χ3n) is 4.08. The van der Waals surface area contributed by atoms with Crippen molar-refractivity contribution in [2.75, 3.05) is 17.2 Å². The van der Waals surface area contributed by atoms with Gasteiger partial charge >= 0.3 is 0 Å². The Kier molecular flexibility index (Phi) is 5.71. The summed E-state index contributed by atoms with van der Waals surface area (Å²) in [4.78, 5) is 16.3. The van der Waals surface area contributed by atoms with Gasteiger partial charge < -0.3 is 15.4 Å². The number of anilines is 3. The van der Waals surface area contributed by atoms with Gasteiger partial charge in [-0.25, -0.2) is 4.98 Å². The molecule has 27 heavy (non-hydrogen) atoms. The number of ether oxygens (including phenoxy) is 1. The van der Waals surface area contributed by atoms with E-state index in [1.54, 1.807) is 12.3 Å². The molecule has 3 rings (SSSR count). The van der Waals surface area contributed by atoms with Crippen molar-refractivity contribution in [3.63, 3.8) is 0 Å². The average molecular weight is 361 g/mol. The van der Waals surface area contributed by atoms with Crippen LogP contribution in [0, 0.1) is 20.8 Å². The van der Waals surface area contributed by atoms with Crippen molar-refractivity contribution in [2.24, 2.45) is 0 Å². The molecule has 0 fully saturated rings. The quantitative estimate of drug-likeness (QED) is 0.664. The zero-order chi connectivity index (χ0) is 19.2. The molecule has 2 N–H and O–H groups in total. The van der Waals surface area contributed by atoms with E-state index in [1.165, 1.54) is 11.1 Å². The highest BCUT2D eigenvalue weighted by atomic mass is 16.5. The fraction of sp³-hybridized carbons (Fsp3) is 0.182. The Morgan fingerprint density at radius 2 is 1.70 bits per heavy atom. The Bertz CT molecular complexity index is 919. The molecular weight excluding hydrogens is 338 g/mol. The normalized spacial score (nSPS) is 10.3. The van der Waals surface area contributed by atoms with E-state index in [0.29, 0.717) is 11.6 Å². The molecule has 0 atom stereocenters. The number of aromatic nitrogens is 1. The molecule has 0 spiro atoms. The molecule has 0 aliphatic heterocycles. The summed E-state index contributed by atoms with van der Waals surface area (Å²) in [6.45, 7) is 6.07. The molecule has 5 nitrogen and oxygen atoms in total. The molecule has 1 aromatic heterocycles. The summed E-state index contributed by atoms with van der Waals surface area (Å²) in [6, 6.07) is 17.4. The van der Waals surface area contributed by atoms with E-state index < -0.39 is 0 Å². The predicted octanol–water partition coefficient (Wildman–Crippen LogP) is 4.77. The Hall–Kier alpha value is -3.34. The number of hydrogen-bond acceptors (Lipinski definition) is 4. The minimum absolute atomic E-state index is 0.0622. The summed E-state index contributed by atoms with van der Waals surface area (Å²) < 4.78 is 5.47. The number of carbonyl (C=O) groups is 1. The topological polar surface area (TPSA) is 63.2 Å². The first-order chi connectivity index (χ1) is 13.0. The van der Waals surface area contributed by atoms with Gasteiger partial charge in [-0.15, -0.1) is 0 Å². The van der Waals surface area contributed by atoms with Crippen molar-refractivity contribution in [3.05, 3.63) is 77.5 Å². The minimum Gasteiger partial charge on any atom is -0.484 e. The van der Waals surface area contributed by atoms with E-state index in [-0.39, 0.29) is 12.5 Å². The van der Waals surface area contributed by atoms with Gasteiger partial charge in [-0.2, -0.15) is 0 Å². The van der Waals surface area contributed by atoms with Crippen LogP contribution in [0.1, 0.15) is 16.7 Å². The van der Waals surface area contributed by atoms with Gasteiger partial charge in [0.15, 0.2) is 6.61 Å². The van der Waals surface area contributed by atoms with Crippen LogP contribution in [0.3, 0.4) is 0 Å². The molecule has 5 heteroatoms. The molecule has 138 valence electrons. The molecule has 0 radical (unpaired) electrons. The lowest BCUT2D eigenvalue weighted by atomic mass is 10.1. The van der Waals surface area contributed by atoms with Crippen LogP contribution in [0.4, 0.5) is 17.2 Å². The van der Waals surface area contributed by atoms with Crippen molar-refractivity contribution in [3.8, 4) is 5.75 Å². The number of carbonyl (C=O) groups excluding carboxylic acids is 1. The fourth-order valence-electron chi connectivity index (χ4n) is 2.61. The first-order valence-corrected chi connectivity index (χ1v) is 8.79. The summed E-state index contributed by atoms with van der Waals surface area (Å²) in [5, 5.41) is 6.06. The Balaban J connectivity index is 1.53. The maximum absolute atomic E-state index is 12.0. The number of nitrogens with zero attached hydrogens (tertiary/aromatic N) is 1. The van der Waals surface area contributed by atoms with Crippen LogP contribution >= 0.6 is 0 Å². The van der Waals surface area contributed by atoms with Crippen LogP contribution in [0.25, 0.3) is 0 Å². The Morgan fingerprint density at radius 1 is 0.963 bits per heavy atom. The van der Waals surface area contributed by atoms with Crippen molar-refractivity contribution in [1.29, 1.82) is 0 Å². The number of amides is 1. The summed E-state index contributed by atoms with van der Waals surface area (Å²) in [5.74, 6) is 0.897. The van der Waals surface area contributed by atoms with Crippen LogP contribution in [0.15, 0.2) is 60.8 Å². The molecule has 0 saturated carbocycles. The van der Waals surface area contributed by atoms with Crippen LogP contribution in [-0.2, 0) is 4.79 Å². The van der Waals surface area contributed by atoms with E-state index in [0.717, 1.165) is 16.9 Å². The second kappa shape index (κ2) is 8.36. The number of pyridine rings is 1. The number of benzene rings is 2. The van der Waals surface area contributed by atoms with Gasteiger partial charge in [0.05, 0.1) is 11.9 Å². The molecule has 0 bridgehead atoms. The highest BCUT2D eigenvalue weighted by Gasteiger charge is 2.06. The number of nitrogens with one attached hydrogen (secondary N) is 2. The first-order valence-electron chi connectivity index (χ1n) is 8.79. The van der Waals surface area contributed by atoms with Crippen LogP contribution in [0.2, 0.25) is 0 Å². The largest absolute Gasteiger partial charge is 0.484 e. The molecule has 0 saturated heterocycles. The lowest BCUT2D eigenvalue weighted by Gasteiger charge is -2.11. The van der Waals surface area contributed by atoms with Crippen LogP contribution in [-0.4, -0.2) is 17.5 Å². The smallest absolute Gasteiger partial charge is 0.263 e. The molecule has 3 aromatic rings. The monoisotopic (exact) mass is 361 g/mol. The molecule has 0 aliphatic carbocycles. The zero-order valence-electron chi connectivity index (χ0n) is 15.7. The van der Waals surface area contributed by atoms with Gasteiger partial charge in [0.25, 0.3) is 5.91 Å². The highest BCUT2D eigenvalue weighted by molar-refractivity contribution is 5.91. The number of aryl methyl sites for hydroxylation is 3.